The first kappa shape index (κ1) is 13.6. The molecular formula is C16H27NO. The fourth-order valence-electron chi connectivity index (χ4n) is 3.32. The third kappa shape index (κ3) is 3.15. The molecule has 0 aromatic heterocycles. The topological polar surface area (TPSA) is 20.3 Å². The maximum atomic E-state index is 11.9. The number of carbonyl (C=O) groups excluding carboxylic acids is 1. The van der Waals surface area contributed by atoms with E-state index in [0.29, 0.717) is 18.4 Å². The molecule has 2 aliphatic carbocycles. The van der Waals surface area contributed by atoms with E-state index in [4.69, 9.17) is 0 Å². The molecule has 0 heterocycles. The van der Waals surface area contributed by atoms with Crippen LogP contribution in [-0.4, -0.2) is 23.4 Å². The van der Waals surface area contributed by atoms with Crippen molar-refractivity contribution in [1.82, 2.24) is 4.90 Å². The van der Waals surface area contributed by atoms with E-state index in [2.05, 4.69) is 30.9 Å². The smallest absolute Gasteiger partial charge is 0.222 e. The Hall–Kier alpha value is -0.790. The van der Waals surface area contributed by atoms with Crippen LogP contribution in [0.15, 0.2) is 12.2 Å². The van der Waals surface area contributed by atoms with Crippen LogP contribution in [0.3, 0.4) is 0 Å². The molecule has 2 nitrogen and oxygen atoms in total. The molecule has 0 aliphatic heterocycles. The molecule has 0 aromatic rings. The van der Waals surface area contributed by atoms with Gasteiger partial charge in [-0.05, 0) is 57.3 Å². The van der Waals surface area contributed by atoms with Crippen LogP contribution in [0, 0.1) is 17.8 Å². The zero-order valence-corrected chi connectivity index (χ0v) is 12.1. The van der Waals surface area contributed by atoms with Crippen molar-refractivity contribution in [2.24, 2.45) is 17.8 Å². The lowest BCUT2D eigenvalue weighted by Crippen LogP contribution is -2.38. The summed E-state index contributed by atoms with van der Waals surface area (Å²) in [5, 5.41) is 0. The summed E-state index contributed by atoms with van der Waals surface area (Å²) < 4.78 is 0. The normalized spacial score (nSPS) is 30.6. The van der Waals surface area contributed by atoms with Crippen LogP contribution in [0.4, 0.5) is 0 Å². The van der Waals surface area contributed by atoms with Gasteiger partial charge in [0.05, 0.1) is 0 Å². The number of hydrogen-bond acceptors (Lipinski definition) is 1. The molecule has 1 saturated carbocycles. The van der Waals surface area contributed by atoms with E-state index < -0.39 is 0 Å². The SMILES string of the molecule is CCC(=O)N(C[C@H]1CC1C1CC=CCC1)C(C)C. The monoisotopic (exact) mass is 249 g/mol. The number of carbonyl (C=O) groups is 1. The van der Waals surface area contributed by atoms with E-state index in [1.807, 2.05) is 6.92 Å². The molecule has 0 radical (unpaired) electrons. The van der Waals surface area contributed by atoms with E-state index in [9.17, 15) is 4.79 Å². The van der Waals surface area contributed by atoms with Gasteiger partial charge in [0.25, 0.3) is 0 Å². The highest BCUT2D eigenvalue weighted by Gasteiger charge is 2.43. The number of allylic oxidation sites excluding steroid dienone is 2. The third-order valence-electron chi connectivity index (χ3n) is 4.57. The Bertz CT molecular complexity index is 321. The highest BCUT2D eigenvalue weighted by Crippen LogP contribution is 2.48. The average Bonchev–Trinajstić information content (AvgIpc) is 3.15. The molecule has 0 spiro atoms. The quantitative estimate of drug-likeness (QED) is 0.681. The Labute approximate surface area is 111 Å². The molecule has 1 amide bonds. The molecule has 0 aromatic carbocycles. The van der Waals surface area contributed by atoms with Crippen LogP contribution < -0.4 is 0 Å². The van der Waals surface area contributed by atoms with Gasteiger partial charge in [-0.1, -0.05) is 19.1 Å². The first-order valence-electron chi connectivity index (χ1n) is 7.58. The lowest BCUT2D eigenvalue weighted by atomic mass is 9.89. The van der Waals surface area contributed by atoms with Gasteiger partial charge < -0.3 is 4.90 Å². The zero-order valence-electron chi connectivity index (χ0n) is 12.1. The van der Waals surface area contributed by atoms with Gasteiger partial charge in [0.1, 0.15) is 0 Å². The molecule has 3 atom stereocenters. The number of nitrogens with zero attached hydrogens (tertiary/aromatic N) is 1. The van der Waals surface area contributed by atoms with Crippen LogP contribution in [0.1, 0.15) is 52.9 Å². The van der Waals surface area contributed by atoms with E-state index in [1.54, 1.807) is 0 Å². The van der Waals surface area contributed by atoms with Crippen molar-refractivity contribution >= 4 is 5.91 Å². The van der Waals surface area contributed by atoms with Gasteiger partial charge in [-0.25, -0.2) is 0 Å². The fraction of sp³-hybridized carbons (Fsp3) is 0.812. The summed E-state index contributed by atoms with van der Waals surface area (Å²) in [4.78, 5) is 14.0. The summed E-state index contributed by atoms with van der Waals surface area (Å²) in [6.45, 7) is 7.23. The van der Waals surface area contributed by atoms with Gasteiger partial charge in [0, 0.05) is 19.0 Å². The second-order valence-electron chi connectivity index (χ2n) is 6.20. The van der Waals surface area contributed by atoms with E-state index in [0.717, 1.165) is 24.3 Å². The molecule has 102 valence electrons. The van der Waals surface area contributed by atoms with Crippen LogP contribution >= 0.6 is 0 Å². The summed E-state index contributed by atoms with van der Waals surface area (Å²) in [5.41, 5.74) is 0. The molecule has 2 unspecified atom stereocenters. The Morgan fingerprint density at radius 3 is 2.72 bits per heavy atom. The minimum Gasteiger partial charge on any atom is -0.340 e. The van der Waals surface area contributed by atoms with Crippen molar-refractivity contribution in [2.45, 2.75) is 58.9 Å². The molecule has 1 fully saturated rings. The van der Waals surface area contributed by atoms with E-state index in [-0.39, 0.29) is 0 Å². The fourth-order valence-corrected chi connectivity index (χ4v) is 3.32. The Morgan fingerprint density at radius 2 is 2.17 bits per heavy atom. The molecular weight excluding hydrogens is 222 g/mol. The number of rotatable bonds is 5. The Balaban J connectivity index is 1.83. The molecule has 0 saturated heterocycles. The molecule has 2 heteroatoms. The maximum Gasteiger partial charge on any atom is 0.222 e. The van der Waals surface area contributed by atoms with Crippen molar-refractivity contribution in [3.63, 3.8) is 0 Å². The Morgan fingerprint density at radius 1 is 1.39 bits per heavy atom. The van der Waals surface area contributed by atoms with Crippen molar-refractivity contribution < 1.29 is 4.79 Å². The standard InChI is InChI=1S/C16H27NO/c1-4-16(18)17(12(2)3)11-14-10-15(14)13-8-6-5-7-9-13/h5-6,12-15H,4,7-11H2,1-3H3/t13?,14-,15?/m1/s1. The zero-order chi connectivity index (χ0) is 13.1. The summed E-state index contributed by atoms with van der Waals surface area (Å²) in [5.74, 6) is 2.88. The van der Waals surface area contributed by atoms with Crippen LogP contribution in [-0.2, 0) is 4.79 Å². The number of hydrogen-bond donors (Lipinski definition) is 0. The molecule has 2 aliphatic rings. The van der Waals surface area contributed by atoms with Crippen molar-refractivity contribution in [3.8, 4) is 0 Å². The maximum absolute atomic E-state index is 11.9. The van der Waals surface area contributed by atoms with Crippen LogP contribution in [0.5, 0.6) is 0 Å². The predicted octanol–water partition coefficient (Wildman–Crippen LogP) is 3.63. The van der Waals surface area contributed by atoms with E-state index >= 15 is 0 Å². The van der Waals surface area contributed by atoms with Crippen molar-refractivity contribution in [3.05, 3.63) is 12.2 Å². The molecule has 18 heavy (non-hydrogen) atoms. The predicted molar refractivity (Wildman–Crippen MR) is 75.2 cm³/mol. The van der Waals surface area contributed by atoms with Crippen LogP contribution in [0.25, 0.3) is 0 Å². The van der Waals surface area contributed by atoms with Crippen molar-refractivity contribution in [2.75, 3.05) is 6.54 Å². The molecule has 2 rings (SSSR count). The summed E-state index contributed by atoms with van der Waals surface area (Å²) in [6.07, 6.45) is 10.5. The van der Waals surface area contributed by atoms with Gasteiger partial charge in [-0.2, -0.15) is 0 Å². The van der Waals surface area contributed by atoms with Crippen molar-refractivity contribution in [1.29, 1.82) is 0 Å². The second kappa shape index (κ2) is 5.90. The second-order valence-corrected chi connectivity index (χ2v) is 6.20. The molecule has 0 bridgehead atoms. The summed E-state index contributed by atoms with van der Waals surface area (Å²) >= 11 is 0. The van der Waals surface area contributed by atoms with Gasteiger partial charge in [0.2, 0.25) is 5.91 Å². The lowest BCUT2D eigenvalue weighted by molar-refractivity contribution is -0.132. The summed E-state index contributed by atoms with van der Waals surface area (Å²) in [7, 11) is 0. The average molecular weight is 249 g/mol. The Kier molecular flexibility index (Phi) is 4.47. The van der Waals surface area contributed by atoms with Gasteiger partial charge in [-0.15, -0.1) is 0 Å². The number of amides is 1. The van der Waals surface area contributed by atoms with Crippen LogP contribution in [0.2, 0.25) is 0 Å². The first-order chi connectivity index (χ1) is 8.63. The van der Waals surface area contributed by atoms with Gasteiger partial charge in [-0.3, -0.25) is 4.79 Å². The third-order valence-corrected chi connectivity index (χ3v) is 4.57. The highest BCUT2D eigenvalue weighted by molar-refractivity contribution is 5.76. The summed E-state index contributed by atoms with van der Waals surface area (Å²) in [6, 6.07) is 0.352. The first-order valence-corrected chi connectivity index (χ1v) is 7.58. The van der Waals surface area contributed by atoms with E-state index in [1.165, 1.54) is 25.7 Å². The lowest BCUT2D eigenvalue weighted by Gasteiger charge is -2.27. The largest absolute Gasteiger partial charge is 0.340 e. The molecule has 0 N–H and O–H groups in total. The van der Waals surface area contributed by atoms with Gasteiger partial charge in [0.15, 0.2) is 0 Å². The minimum absolute atomic E-state index is 0.319. The minimum atomic E-state index is 0.319. The van der Waals surface area contributed by atoms with Gasteiger partial charge >= 0.3 is 0 Å². The highest BCUT2D eigenvalue weighted by atomic mass is 16.2.